The number of aryl methyl sites for hydroxylation is 2. The van der Waals surface area contributed by atoms with Crippen LogP contribution in [0.4, 0.5) is 0 Å². The molecule has 234 valence electrons. The minimum Gasteiger partial charge on any atom is -0.495 e. The zero-order chi connectivity index (χ0) is 33.7. The highest BCUT2D eigenvalue weighted by molar-refractivity contribution is 9.11. The summed E-state index contributed by atoms with van der Waals surface area (Å²) in [5.41, 5.74) is 7.59. The first-order valence-corrected chi connectivity index (χ1v) is 16.4. The molecule has 0 atom stereocenters. The lowest BCUT2D eigenvalue weighted by Crippen LogP contribution is -2.05. The molecule has 44 heavy (non-hydrogen) atoms. The zero-order valence-corrected chi connectivity index (χ0v) is 31.9. The monoisotopic (exact) mass is 786 g/mol. The third-order valence-corrected chi connectivity index (χ3v) is 9.21. The van der Waals surface area contributed by atoms with Crippen LogP contribution in [0.1, 0.15) is 89.3 Å². The summed E-state index contributed by atoms with van der Waals surface area (Å²) in [4.78, 5) is 35.7. The number of ether oxygens (including phenoxy) is 1. The van der Waals surface area contributed by atoms with Crippen LogP contribution in [0.3, 0.4) is 0 Å². The Morgan fingerprint density at radius 1 is 0.636 bits per heavy atom. The second kappa shape index (κ2) is 18.8. The van der Waals surface area contributed by atoms with E-state index in [1.54, 1.807) is 7.11 Å². The number of halogens is 3. The number of benzene rings is 3. The molecule has 0 aliphatic heterocycles. The van der Waals surface area contributed by atoms with E-state index in [0.717, 1.165) is 63.7 Å². The van der Waals surface area contributed by atoms with Gasteiger partial charge in [-0.05, 0) is 136 Å². The first kappa shape index (κ1) is 39.2. The smallest absolute Gasteiger partial charge is 0.189 e. The summed E-state index contributed by atoms with van der Waals surface area (Å²) in [6.07, 6.45) is 5.47. The molecule has 0 spiro atoms. The molecule has 0 radical (unpaired) electrons. The van der Waals surface area contributed by atoms with Crippen LogP contribution in [0.2, 0.25) is 0 Å². The summed E-state index contributed by atoms with van der Waals surface area (Å²) in [5.74, 6) is 0.927. The number of hydrogen-bond acceptors (Lipinski definition) is 4. The number of hydrogen-bond donors (Lipinski definition) is 0. The number of Topliss-reactive ketones (excluding diaryl/α,β-unsaturated/α-hetero) is 3. The van der Waals surface area contributed by atoms with Gasteiger partial charge in [0.15, 0.2) is 17.3 Å². The summed E-state index contributed by atoms with van der Waals surface area (Å²) >= 11 is 10.2. The lowest BCUT2D eigenvalue weighted by atomic mass is 9.99. The molecule has 0 aromatic heterocycles. The maximum absolute atomic E-state index is 12.2. The van der Waals surface area contributed by atoms with Crippen molar-refractivity contribution in [1.29, 1.82) is 0 Å². The van der Waals surface area contributed by atoms with E-state index in [0.29, 0.717) is 5.56 Å². The van der Waals surface area contributed by atoms with Gasteiger partial charge in [-0.15, -0.1) is 0 Å². The second-order valence-corrected chi connectivity index (χ2v) is 12.6. The Labute approximate surface area is 288 Å². The molecule has 0 aliphatic carbocycles. The topological polar surface area (TPSA) is 60.4 Å². The van der Waals surface area contributed by atoms with Gasteiger partial charge in [-0.25, -0.2) is 0 Å². The zero-order valence-electron chi connectivity index (χ0n) is 27.1. The summed E-state index contributed by atoms with van der Waals surface area (Å²) in [6.45, 7) is 17.0. The average Bonchev–Trinajstić information content (AvgIpc) is 3.02. The van der Waals surface area contributed by atoms with E-state index < -0.39 is 0 Å². The van der Waals surface area contributed by atoms with Crippen LogP contribution >= 0.6 is 47.8 Å². The largest absolute Gasteiger partial charge is 0.495 e. The summed E-state index contributed by atoms with van der Waals surface area (Å²) < 4.78 is 7.78. The summed E-state index contributed by atoms with van der Waals surface area (Å²) in [7, 11) is 1.61. The second-order valence-electron chi connectivity index (χ2n) is 10.1. The van der Waals surface area contributed by atoms with E-state index >= 15 is 0 Å². The Bertz CT molecular complexity index is 1610. The normalized spacial score (nSPS) is 11.5. The molecule has 0 bridgehead atoms. The number of carbonyl (C=O) groups excluding carboxylic acids is 3. The molecule has 0 heterocycles. The van der Waals surface area contributed by atoms with Crippen molar-refractivity contribution in [2.75, 3.05) is 7.11 Å². The maximum Gasteiger partial charge on any atom is 0.189 e. The van der Waals surface area contributed by atoms with Crippen LogP contribution in [0, 0.1) is 20.8 Å². The van der Waals surface area contributed by atoms with Crippen LogP contribution in [-0.4, -0.2) is 24.5 Å². The van der Waals surface area contributed by atoms with E-state index in [-0.39, 0.29) is 17.3 Å². The van der Waals surface area contributed by atoms with Crippen molar-refractivity contribution in [3.8, 4) is 5.75 Å². The van der Waals surface area contributed by atoms with Crippen molar-refractivity contribution in [1.82, 2.24) is 0 Å². The molecular formula is C37H41Br3O4. The lowest BCUT2D eigenvalue weighted by molar-refractivity contribution is 0.102. The van der Waals surface area contributed by atoms with Gasteiger partial charge in [-0.3, -0.25) is 14.4 Å². The van der Waals surface area contributed by atoms with Gasteiger partial charge in [-0.1, -0.05) is 73.9 Å². The van der Waals surface area contributed by atoms with Gasteiger partial charge in [0.2, 0.25) is 0 Å². The highest BCUT2D eigenvalue weighted by Gasteiger charge is 2.18. The third kappa shape index (κ3) is 10.6. The Balaban J connectivity index is 0.000000333. The molecule has 3 rings (SSSR count). The molecule has 0 unspecified atom stereocenters. The van der Waals surface area contributed by atoms with E-state index in [4.69, 9.17) is 4.74 Å². The first-order valence-electron chi connectivity index (χ1n) is 14.0. The van der Waals surface area contributed by atoms with Crippen molar-refractivity contribution in [3.63, 3.8) is 0 Å². The minimum absolute atomic E-state index is 0.0285. The minimum atomic E-state index is 0.0285. The number of ketones is 3. The number of rotatable bonds is 7. The summed E-state index contributed by atoms with van der Waals surface area (Å²) in [6, 6.07) is 15.1. The third-order valence-electron chi connectivity index (χ3n) is 7.04. The molecule has 0 amide bonds. The molecular weight excluding hydrogens is 748 g/mol. The Kier molecular flexibility index (Phi) is 16.8. The van der Waals surface area contributed by atoms with E-state index in [1.165, 1.54) is 0 Å². The predicted molar refractivity (Wildman–Crippen MR) is 194 cm³/mol. The predicted octanol–water partition coefficient (Wildman–Crippen LogP) is 11.7. The molecule has 7 heteroatoms. The van der Waals surface area contributed by atoms with E-state index in [1.807, 2.05) is 129 Å². The lowest BCUT2D eigenvalue weighted by Gasteiger charge is -2.14. The fraction of sp³-hybridized carbons (Fsp3) is 0.270. The van der Waals surface area contributed by atoms with Gasteiger partial charge in [0.25, 0.3) is 0 Å². The van der Waals surface area contributed by atoms with Crippen LogP contribution in [0.15, 0.2) is 96.9 Å². The van der Waals surface area contributed by atoms with Gasteiger partial charge in [0.1, 0.15) is 5.75 Å². The molecule has 0 saturated heterocycles. The Morgan fingerprint density at radius 2 is 1.09 bits per heavy atom. The number of methoxy groups -OCH3 is 1. The first-order chi connectivity index (χ1) is 20.7. The van der Waals surface area contributed by atoms with Crippen molar-refractivity contribution in [2.24, 2.45) is 0 Å². The molecule has 0 saturated carbocycles. The average molecular weight is 789 g/mol. The Morgan fingerprint density at radius 3 is 1.57 bits per heavy atom. The highest BCUT2D eigenvalue weighted by atomic mass is 79.9. The fourth-order valence-corrected chi connectivity index (χ4v) is 5.40. The van der Waals surface area contributed by atoms with Crippen LogP contribution in [0.5, 0.6) is 5.75 Å². The van der Waals surface area contributed by atoms with Crippen molar-refractivity contribution < 1.29 is 19.1 Å². The molecule has 3 aromatic carbocycles. The SMILES string of the molecule is C/C=C(\C)C(=O)c1cc(C)c(C)c(OC)c1Br.C/C=C(\C)C(=O)c1cc(C)ccc1Br.C/C=C(\C)C(=O)c1ccccc1Br. The maximum atomic E-state index is 12.2. The molecule has 0 N–H and O–H groups in total. The van der Waals surface area contributed by atoms with Gasteiger partial charge in [0, 0.05) is 25.6 Å². The quantitative estimate of drug-likeness (QED) is 0.177. The van der Waals surface area contributed by atoms with E-state index in [2.05, 4.69) is 47.8 Å². The molecule has 0 fully saturated rings. The molecule has 0 aliphatic rings. The van der Waals surface area contributed by atoms with Gasteiger partial charge >= 0.3 is 0 Å². The molecule has 4 nitrogen and oxygen atoms in total. The number of carbonyl (C=O) groups is 3. The number of allylic oxidation sites excluding steroid dienone is 6. The Hall–Kier alpha value is -2.87. The summed E-state index contributed by atoms with van der Waals surface area (Å²) in [5, 5.41) is 0. The van der Waals surface area contributed by atoms with Crippen LogP contribution in [0.25, 0.3) is 0 Å². The highest BCUT2D eigenvalue weighted by Crippen LogP contribution is 2.35. The van der Waals surface area contributed by atoms with Crippen molar-refractivity contribution in [2.45, 2.75) is 62.3 Å². The van der Waals surface area contributed by atoms with Crippen LogP contribution < -0.4 is 4.74 Å². The fourth-order valence-electron chi connectivity index (χ4n) is 3.75. The van der Waals surface area contributed by atoms with E-state index in [9.17, 15) is 14.4 Å². The van der Waals surface area contributed by atoms with Gasteiger partial charge < -0.3 is 4.74 Å². The standard InChI is InChI=1S/C14H17BrO2.C12H13BrO.C11H11BrO/c1-6-8(2)13(16)11-7-9(3)10(4)14(17-5)12(11)15;1-4-9(3)12(14)10-7-8(2)5-6-11(10)13;1-3-8(2)11(13)9-6-4-5-7-10(9)12/h6-7H,1-5H3;4-7H,1-3H3;3-7H,1-2H3/b8-6+;9-4+;8-3+. The van der Waals surface area contributed by atoms with Crippen molar-refractivity contribution >= 4 is 65.1 Å². The van der Waals surface area contributed by atoms with Crippen molar-refractivity contribution in [3.05, 3.63) is 130 Å². The van der Waals surface area contributed by atoms with Gasteiger partial charge in [0.05, 0.1) is 11.6 Å². The van der Waals surface area contributed by atoms with Crippen LogP contribution in [-0.2, 0) is 0 Å². The van der Waals surface area contributed by atoms with Gasteiger partial charge in [-0.2, -0.15) is 0 Å². The molecule has 3 aromatic rings.